The average Bonchev–Trinajstić information content (AvgIpc) is 2.73. The van der Waals surface area contributed by atoms with E-state index in [2.05, 4.69) is 4.98 Å². The molecule has 0 atom stereocenters. The van der Waals surface area contributed by atoms with Gasteiger partial charge in [0.1, 0.15) is 22.7 Å². The van der Waals surface area contributed by atoms with E-state index in [0.29, 0.717) is 23.6 Å². The van der Waals surface area contributed by atoms with E-state index < -0.39 is 11.2 Å². The number of nitrogens with zero attached hydrogens (tertiary/aromatic N) is 1. The Kier molecular flexibility index (Phi) is 5.33. The van der Waals surface area contributed by atoms with Gasteiger partial charge < -0.3 is 14.6 Å². The van der Waals surface area contributed by atoms with Crippen molar-refractivity contribution < 1.29 is 19.4 Å². The minimum absolute atomic E-state index is 0.0614. The van der Waals surface area contributed by atoms with Crippen LogP contribution < -0.4 is 4.74 Å². The van der Waals surface area contributed by atoms with Gasteiger partial charge in [0.05, 0.1) is 11.1 Å². The Morgan fingerprint density at radius 1 is 1.03 bits per heavy atom. The minimum Gasteiger partial charge on any atom is -0.508 e. The topological polar surface area (TPSA) is 68.7 Å². The van der Waals surface area contributed by atoms with Gasteiger partial charge in [-0.25, -0.2) is 4.98 Å². The first-order valence-electron chi connectivity index (χ1n) is 10.9. The summed E-state index contributed by atoms with van der Waals surface area (Å²) in [5.41, 5.74) is 1.63. The lowest BCUT2D eigenvalue weighted by atomic mass is 9.81. The number of fused-ring (bicyclic) bond motifs is 1. The number of aryl methyl sites for hydroxylation is 2. The van der Waals surface area contributed by atoms with Gasteiger partial charge in [-0.2, -0.15) is 0 Å². The van der Waals surface area contributed by atoms with Crippen LogP contribution in [0.4, 0.5) is 0 Å². The molecular formula is C27H29NO4. The van der Waals surface area contributed by atoms with Gasteiger partial charge in [0.2, 0.25) is 5.88 Å². The van der Waals surface area contributed by atoms with Crippen LogP contribution in [0, 0.1) is 6.92 Å². The zero-order valence-electron chi connectivity index (χ0n) is 19.4. The Morgan fingerprint density at radius 2 is 1.75 bits per heavy atom. The number of aromatic nitrogens is 1. The second kappa shape index (κ2) is 7.75. The summed E-state index contributed by atoms with van der Waals surface area (Å²) in [6.45, 7) is 11.0. The molecule has 0 amide bonds. The monoisotopic (exact) mass is 431 g/mol. The van der Waals surface area contributed by atoms with Crippen molar-refractivity contribution in [2.75, 3.05) is 0 Å². The molecule has 4 rings (SSSR count). The first kappa shape index (κ1) is 22.0. The van der Waals surface area contributed by atoms with Gasteiger partial charge in [-0.15, -0.1) is 0 Å². The van der Waals surface area contributed by atoms with E-state index in [-0.39, 0.29) is 17.1 Å². The second-order valence-corrected chi connectivity index (χ2v) is 9.25. The summed E-state index contributed by atoms with van der Waals surface area (Å²) in [6.07, 6.45) is 0.703. The maximum absolute atomic E-state index is 13.3. The first-order valence-corrected chi connectivity index (χ1v) is 10.9. The number of aliphatic hydroxyl groups is 1. The van der Waals surface area contributed by atoms with Crippen LogP contribution in [0.1, 0.15) is 51.3 Å². The average molecular weight is 432 g/mol. The number of hydrogen-bond acceptors (Lipinski definition) is 5. The Bertz CT molecular complexity index is 1250. The summed E-state index contributed by atoms with van der Waals surface area (Å²) in [5.74, 6) is 0.754. The number of carbonyl (C=O) groups is 1. The Hall–Kier alpha value is -3.18. The van der Waals surface area contributed by atoms with Crippen LogP contribution in [0.5, 0.6) is 11.6 Å². The van der Waals surface area contributed by atoms with Crippen molar-refractivity contribution in [3.63, 3.8) is 0 Å². The van der Waals surface area contributed by atoms with Crippen LogP contribution in [0.2, 0.25) is 0 Å². The third kappa shape index (κ3) is 3.78. The highest BCUT2D eigenvalue weighted by Gasteiger charge is 2.47. The summed E-state index contributed by atoms with van der Waals surface area (Å²) < 4.78 is 12.1. The number of Topliss-reactive ketones (excluding diaryl/α,β-unsaturated/α-hetero) is 1. The molecule has 0 aliphatic carbocycles. The summed E-state index contributed by atoms with van der Waals surface area (Å²) in [5, 5.41) is 12.0. The fraction of sp³-hybridized carbons (Fsp3) is 0.333. The fourth-order valence-electron chi connectivity index (χ4n) is 4.27. The number of aliphatic hydroxyl groups excluding tert-OH is 1. The van der Waals surface area contributed by atoms with Crippen LogP contribution in [0.3, 0.4) is 0 Å². The van der Waals surface area contributed by atoms with Gasteiger partial charge in [0, 0.05) is 10.9 Å². The fourth-order valence-corrected chi connectivity index (χ4v) is 4.27. The summed E-state index contributed by atoms with van der Waals surface area (Å²) in [6, 6.07) is 15.5. The molecule has 2 aromatic carbocycles. The third-order valence-electron chi connectivity index (χ3n) is 5.91. The normalized spacial score (nSPS) is 17.6. The predicted octanol–water partition coefficient (Wildman–Crippen LogP) is 6.32. The van der Waals surface area contributed by atoms with Crippen molar-refractivity contribution in [3.8, 4) is 11.6 Å². The SMILES string of the molecule is CCc1ccc(Oc2nc3ccccc3cc2C)cc1C1=C(O)C(C)(C)OC(C)(C)C1=O. The lowest BCUT2D eigenvalue weighted by Gasteiger charge is -2.40. The molecule has 166 valence electrons. The molecule has 1 N–H and O–H groups in total. The molecular weight excluding hydrogens is 402 g/mol. The Morgan fingerprint density at radius 3 is 2.47 bits per heavy atom. The van der Waals surface area contributed by atoms with Gasteiger partial charge in [0.25, 0.3) is 0 Å². The van der Waals surface area contributed by atoms with Gasteiger partial charge in [-0.05, 0) is 76.4 Å². The van der Waals surface area contributed by atoms with E-state index in [9.17, 15) is 9.90 Å². The van der Waals surface area contributed by atoms with Crippen LogP contribution in [-0.4, -0.2) is 27.1 Å². The zero-order chi connectivity index (χ0) is 23.3. The molecule has 1 aliphatic rings. The molecule has 32 heavy (non-hydrogen) atoms. The van der Waals surface area contributed by atoms with Crippen LogP contribution in [0.25, 0.3) is 16.5 Å². The van der Waals surface area contributed by atoms with E-state index in [1.807, 2.05) is 62.4 Å². The van der Waals surface area contributed by atoms with E-state index in [4.69, 9.17) is 9.47 Å². The third-order valence-corrected chi connectivity index (χ3v) is 5.91. The molecule has 2 heterocycles. The van der Waals surface area contributed by atoms with E-state index in [0.717, 1.165) is 22.0 Å². The largest absolute Gasteiger partial charge is 0.508 e. The maximum atomic E-state index is 13.3. The molecule has 5 heteroatoms. The smallest absolute Gasteiger partial charge is 0.222 e. The number of para-hydroxylation sites is 1. The molecule has 5 nitrogen and oxygen atoms in total. The molecule has 3 aromatic rings. The number of ketones is 1. The van der Waals surface area contributed by atoms with Crippen molar-refractivity contribution in [1.82, 2.24) is 4.98 Å². The molecule has 0 unspecified atom stereocenters. The van der Waals surface area contributed by atoms with E-state index in [1.165, 1.54) is 0 Å². The predicted molar refractivity (Wildman–Crippen MR) is 126 cm³/mol. The first-order chi connectivity index (χ1) is 15.0. The number of pyridine rings is 1. The Labute approximate surface area is 188 Å². The molecule has 0 bridgehead atoms. The maximum Gasteiger partial charge on any atom is 0.222 e. The number of ether oxygens (including phenoxy) is 2. The molecule has 1 aliphatic heterocycles. The lowest BCUT2D eigenvalue weighted by Crippen LogP contribution is -2.49. The van der Waals surface area contributed by atoms with Crippen molar-refractivity contribution in [2.24, 2.45) is 0 Å². The molecule has 0 saturated heterocycles. The van der Waals surface area contributed by atoms with Crippen molar-refractivity contribution >= 4 is 22.3 Å². The van der Waals surface area contributed by atoms with Crippen LogP contribution in [-0.2, 0) is 16.0 Å². The number of hydrogen-bond donors (Lipinski definition) is 1. The highest BCUT2D eigenvalue weighted by molar-refractivity contribution is 6.26. The van der Waals surface area contributed by atoms with Crippen molar-refractivity contribution in [1.29, 1.82) is 0 Å². The molecule has 0 saturated carbocycles. The second-order valence-electron chi connectivity index (χ2n) is 9.25. The summed E-state index contributed by atoms with van der Waals surface area (Å²) in [4.78, 5) is 17.9. The summed E-state index contributed by atoms with van der Waals surface area (Å²) >= 11 is 0. The summed E-state index contributed by atoms with van der Waals surface area (Å²) in [7, 11) is 0. The highest BCUT2D eigenvalue weighted by atomic mass is 16.5. The minimum atomic E-state index is -1.05. The molecule has 0 fully saturated rings. The van der Waals surface area contributed by atoms with Crippen LogP contribution >= 0.6 is 0 Å². The van der Waals surface area contributed by atoms with E-state index in [1.54, 1.807) is 27.7 Å². The standard InChI is InChI=1S/C27H29NO4/c1-7-17-12-13-19(31-25-16(2)14-18-10-8-9-11-21(18)28-25)15-20(17)22-23(29)26(3,4)32-27(5,6)24(22)30/h8-15,29H,7H2,1-6H3. The van der Waals surface area contributed by atoms with Gasteiger partial charge in [0.15, 0.2) is 5.78 Å². The number of rotatable bonds is 4. The van der Waals surface area contributed by atoms with Crippen molar-refractivity contribution in [2.45, 2.75) is 59.2 Å². The Balaban J connectivity index is 1.82. The van der Waals surface area contributed by atoms with Gasteiger partial charge in [-0.1, -0.05) is 31.2 Å². The van der Waals surface area contributed by atoms with Gasteiger partial charge in [-0.3, -0.25) is 4.79 Å². The molecule has 0 spiro atoms. The van der Waals surface area contributed by atoms with Crippen molar-refractivity contribution in [3.05, 3.63) is 71.0 Å². The van der Waals surface area contributed by atoms with Crippen LogP contribution in [0.15, 0.2) is 54.3 Å². The molecule has 1 aromatic heterocycles. The quantitative estimate of drug-likeness (QED) is 0.523. The molecule has 0 radical (unpaired) electrons. The lowest BCUT2D eigenvalue weighted by molar-refractivity contribution is -0.158. The number of benzene rings is 2. The number of carbonyl (C=O) groups excluding carboxylic acids is 1. The highest BCUT2D eigenvalue weighted by Crippen LogP contribution is 2.42. The zero-order valence-corrected chi connectivity index (χ0v) is 19.4. The van der Waals surface area contributed by atoms with Gasteiger partial charge >= 0.3 is 0 Å². The van der Waals surface area contributed by atoms with E-state index >= 15 is 0 Å².